The normalized spacial score (nSPS) is 24.7. The summed E-state index contributed by atoms with van der Waals surface area (Å²) in [6.45, 7) is 3.54. The Bertz CT molecular complexity index is 375. The van der Waals surface area contributed by atoms with Crippen LogP contribution in [0.1, 0.15) is 26.2 Å². The van der Waals surface area contributed by atoms with Crippen LogP contribution in [0.25, 0.3) is 0 Å². The fraction of sp³-hybridized carbons (Fsp3) is 0.714. The van der Waals surface area contributed by atoms with Gasteiger partial charge in [-0.2, -0.15) is 0 Å². The van der Waals surface area contributed by atoms with Crippen LogP contribution >= 0.6 is 0 Å². The lowest BCUT2D eigenvalue weighted by Crippen LogP contribution is -2.56. The van der Waals surface area contributed by atoms with Gasteiger partial charge in [0.1, 0.15) is 0 Å². The lowest BCUT2D eigenvalue weighted by molar-refractivity contribution is -0.144. The summed E-state index contributed by atoms with van der Waals surface area (Å²) < 4.78 is 0. The largest absolute Gasteiger partial charge is 0.481 e. The zero-order valence-electron chi connectivity index (χ0n) is 11.3. The van der Waals surface area contributed by atoms with Gasteiger partial charge in [-0.1, -0.05) is 19.1 Å². The van der Waals surface area contributed by atoms with Crippen LogP contribution in [-0.4, -0.2) is 41.6 Å². The molecule has 0 saturated carbocycles. The molecular formula is C14H22N2O3. The topological polar surface area (TPSA) is 69.6 Å². The number of amides is 2. The summed E-state index contributed by atoms with van der Waals surface area (Å²) in [6.07, 6.45) is 7.64. The zero-order chi connectivity index (χ0) is 13.8. The summed E-state index contributed by atoms with van der Waals surface area (Å²) in [5.41, 5.74) is 0. The van der Waals surface area contributed by atoms with Crippen molar-refractivity contribution < 1.29 is 14.7 Å². The quantitative estimate of drug-likeness (QED) is 0.761. The van der Waals surface area contributed by atoms with Crippen molar-refractivity contribution in [2.24, 2.45) is 17.8 Å². The molecule has 2 N–H and O–H groups in total. The fourth-order valence-electron chi connectivity index (χ4n) is 2.58. The molecule has 1 fully saturated rings. The second-order valence-electron chi connectivity index (χ2n) is 5.63. The fourth-order valence-corrected chi connectivity index (χ4v) is 2.58. The van der Waals surface area contributed by atoms with E-state index in [1.54, 1.807) is 11.8 Å². The molecule has 2 aliphatic rings. The summed E-state index contributed by atoms with van der Waals surface area (Å²) in [5, 5.41) is 11.8. The summed E-state index contributed by atoms with van der Waals surface area (Å²) in [6, 6.07) is -0.0524. The van der Waals surface area contributed by atoms with E-state index in [1.165, 1.54) is 0 Å². The van der Waals surface area contributed by atoms with Crippen molar-refractivity contribution >= 4 is 12.0 Å². The lowest BCUT2D eigenvalue weighted by atomic mass is 9.87. The Morgan fingerprint density at radius 1 is 1.42 bits per heavy atom. The molecule has 2 atom stereocenters. The molecule has 1 aliphatic heterocycles. The molecular weight excluding hydrogens is 244 g/mol. The Kier molecular flexibility index (Phi) is 4.45. The minimum absolute atomic E-state index is 0.0524. The summed E-state index contributed by atoms with van der Waals surface area (Å²) >= 11 is 0. The van der Waals surface area contributed by atoms with E-state index in [9.17, 15) is 9.59 Å². The minimum Gasteiger partial charge on any atom is -0.481 e. The first-order valence-corrected chi connectivity index (χ1v) is 6.98. The Morgan fingerprint density at radius 3 is 2.74 bits per heavy atom. The highest BCUT2D eigenvalue weighted by Crippen LogP contribution is 2.24. The van der Waals surface area contributed by atoms with E-state index < -0.39 is 5.97 Å². The number of nitrogens with one attached hydrogen (secondary N) is 1. The third-order valence-corrected chi connectivity index (χ3v) is 4.21. The van der Waals surface area contributed by atoms with E-state index in [-0.39, 0.29) is 17.9 Å². The van der Waals surface area contributed by atoms with Crippen molar-refractivity contribution in [1.29, 1.82) is 0 Å². The molecule has 0 radical (unpaired) electrons. The van der Waals surface area contributed by atoms with Crippen molar-refractivity contribution in [2.45, 2.75) is 26.2 Å². The highest BCUT2D eigenvalue weighted by atomic mass is 16.4. The van der Waals surface area contributed by atoms with Crippen LogP contribution in [0.15, 0.2) is 12.2 Å². The minimum atomic E-state index is -0.779. The first-order chi connectivity index (χ1) is 9.08. The van der Waals surface area contributed by atoms with Crippen LogP contribution in [-0.2, 0) is 4.79 Å². The second-order valence-corrected chi connectivity index (χ2v) is 5.63. The number of carboxylic acid groups (broad SMARTS) is 1. The molecule has 5 heteroatoms. The molecule has 0 bridgehead atoms. The number of carbonyl (C=O) groups excluding carboxylic acids is 1. The van der Waals surface area contributed by atoms with Gasteiger partial charge in [0, 0.05) is 25.6 Å². The Morgan fingerprint density at radius 2 is 2.16 bits per heavy atom. The van der Waals surface area contributed by atoms with Gasteiger partial charge in [-0.15, -0.1) is 0 Å². The number of urea groups is 1. The summed E-state index contributed by atoms with van der Waals surface area (Å²) in [7, 11) is 0. The van der Waals surface area contributed by atoms with Crippen LogP contribution < -0.4 is 5.32 Å². The van der Waals surface area contributed by atoms with Gasteiger partial charge >= 0.3 is 12.0 Å². The third-order valence-electron chi connectivity index (χ3n) is 4.21. The van der Waals surface area contributed by atoms with E-state index in [0.29, 0.717) is 19.0 Å². The standard InChI is InChI=1S/C14H22N2O3/c1-10(13(17)18)12-8-16(9-12)14(19)15-7-11-5-3-2-4-6-11/h2-3,10-12H,4-9H2,1H3,(H,15,19)(H,17,18). The molecule has 2 amide bonds. The van der Waals surface area contributed by atoms with Crippen LogP contribution in [0.2, 0.25) is 0 Å². The van der Waals surface area contributed by atoms with E-state index in [0.717, 1.165) is 25.8 Å². The number of hydrogen-bond donors (Lipinski definition) is 2. The van der Waals surface area contributed by atoms with Gasteiger partial charge in [0.15, 0.2) is 0 Å². The first kappa shape index (κ1) is 13.9. The van der Waals surface area contributed by atoms with Crippen molar-refractivity contribution in [1.82, 2.24) is 10.2 Å². The third kappa shape index (κ3) is 3.49. The Balaban J connectivity index is 1.66. The van der Waals surface area contributed by atoms with Crippen LogP contribution in [0, 0.1) is 17.8 Å². The zero-order valence-corrected chi connectivity index (χ0v) is 11.3. The van der Waals surface area contributed by atoms with Crippen LogP contribution in [0.4, 0.5) is 4.79 Å². The smallest absolute Gasteiger partial charge is 0.317 e. The lowest BCUT2D eigenvalue weighted by Gasteiger charge is -2.41. The van der Waals surface area contributed by atoms with Crippen LogP contribution in [0.5, 0.6) is 0 Å². The van der Waals surface area contributed by atoms with Crippen molar-refractivity contribution in [2.75, 3.05) is 19.6 Å². The predicted molar refractivity (Wildman–Crippen MR) is 71.7 cm³/mol. The number of hydrogen-bond acceptors (Lipinski definition) is 2. The molecule has 1 aliphatic carbocycles. The average Bonchev–Trinajstić information content (AvgIpc) is 2.35. The van der Waals surface area contributed by atoms with Crippen molar-refractivity contribution in [3.63, 3.8) is 0 Å². The molecule has 0 aromatic heterocycles. The first-order valence-electron chi connectivity index (χ1n) is 6.98. The molecule has 0 aromatic carbocycles. The maximum absolute atomic E-state index is 11.9. The van der Waals surface area contributed by atoms with Gasteiger partial charge < -0.3 is 15.3 Å². The maximum atomic E-state index is 11.9. The van der Waals surface area contributed by atoms with Gasteiger partial charge in [-0.05, 0) is 25.2 Å². The number of carboxylic acids is 1. The summed E-state index contributed by atoms with van der Waals surface area (Å²) in [4.78, 5) is 24.4. The highest BCUT2D eigenvalue weighted by molar-refractivity contribution is 5.76. The van der Waals surface area contributed by atoms with E-state index in [2.05, 4.69) is 17.5 Å². The maximum Gasteiger partial charge on any atom is 0.317 e. The van der Waals surface area contributed by atoms with Crippen molar-refractivity contribution in [3.8, 4) is 0 Å². The molecule has 1 heterocycles. The van der Waals surface area contributed by atoms with Gasteiger partial charge in [0.2, 0.25) is 0 Å². The van der Waals surface area contributed by atoms with Gasteiger partial charge in [-0.25, -0.2) is 4.79 Å². The predicted octanol–water partition coefficient (Wildman–Crippen LogP) is 1.70. The molecule has 5 nitrogen and oxygen atoms in total. The Labute approximate surface area is 113 Å². The number of rotatable bonds is 4. The molecule has 0 aromatic rings. The molecule has 0 spiro atoms. The number of nitrogens with zero attached hydrogens (tertiary/aromatic N) is 1. The van der Waals surface area contributed by atoms with Gasteiger partial charge in [0.05, 0.1) is 5.92 Å². The van der Waals surface area contributed by atoms with Crippen molar-refractivity contribution in [3.05, 3.63) is 12.2 Å². The number of likely N-dealkylation sites (tertiary alicyclic amines) is 1. The monoisotopic (exact) mass is 266 g/mol. The molecule has 2 rings (SSSR count). The van der Waals surface area contributed by atoms with Crippen LogP contribution in [0.3, 0.4) is 0 Å². The van der Waals surface area contributed by atoms with E-state index >= 15 is 0 Å². The average molecular weight is 266 g/mol. The van der Waals surface area contributed by atoms with Gasteiger partial charge in [0.25, 0.3) is 0 Å². The second kappa shape index (κ2) is 6.08. The highest BCUT2D eigenvalue weighted by Gasteiger charge is 2.37. The number of aliphatic carboxylic acids is 1. The summed E-state index contributed by atoms with van der Waals surface area (Å²) in [5.74, 6) is -0.503. The molecule has 2 unspecified atom stereocenters. The molecule has 19 heavy (non-hydrogen) atoms. The number of allylic oxidation sites excluding steroid dienone is 2. The van der Waals surface area contributed by atoms with Gasteiger partial charge in [-0.3, -0.25) is 4.79 Å². The molecule has 106 valence electrons. The SMILES string of the molecule is CC(C(=O)O)C1CN(C(=O)NCC2CC=CCC2)C1. The van der Waals surface area contributed by atoms with E-state index in [1.807, 2.05) is 0 Å². The molecule has 1 saturated heterocycles. The number of carbonyl (C=O) groups is 2. The van der Waals surface area contributed by atoms with E-state index in [4.69, 9.17) is 5.11 Å². The Hall–Kier alpha value is -1.52.